The lowest BCUT2D eigenvalue weighted by atomic mass is 10.1. The van der Waals surface area contributed by atoms with Gasteiger partial charge in [0.1, 0.15) is 11.8 Å². The van der Waals surface area contributed by atoms with Crippen molar-refractivity contribution >= 4 is 23.4 Å². The molecule has 0 saturated carbocycles. The highest BCUT2D eigenvalue weighted by atomic mass is 32.1. The number of nitrogens with zero attached hydrogens (tertiary/aromatic N) is 4. The maximum absolute atomic E-state index is 5.40. The molecule has 1 atom stereocenters. The molecule has 6 nitrogen and oxygen atoms in total. The molecule has 3 rings (SSSR count). The highest BCUT2D eigenvalue weighted by molar-refractivity contribution is 7.71. The van der Waals surface area contributed by atoms with E-state index in [0.717, 1.165) is 11.2 Å². The second-order valence-corrected chi connectivity index (χ2v) is 4.73. The molecular formula is C13H13N5OS. The van der Waals surface area contributed by atoms with Crippen LogP contribution in [0.1, 0.15) is 18.5 Å². The van der Waals surface area contributed by atoms with Crippen LogP contribution >= 0.6 is 12.2 Å². The molecule has 0 saturated heterocycles. The van der Waals surface area contributed by atoms with Crippen molar-refractivity contribution in [1.82, 2.24) is 24.5 Å². The van der Waals surface area contributed by atoms with Gasteiger partial charge in [0, 0.05) is 12.4 Å². The lowest BCUT2D eigenvalue weighted by Gasteiger charge is -2.13. The normalized spacial score (nSPS) is 12.5. The topological polar surface area (TPSA) is 68.6 Å². The summed E-state index contributed by atoms with van der Waals surface area (Å²) >= 11 is 5.40. The number of aromatic nitrogens is 5. The summed E-state index contributed by atoms with van der Waals surface area (Å²) in [4.78, 5) is 15.6. The third kappa shape index (κ3) is 1.96. The van der Waals surface area contributed by atoms with E-state index in [9.17, 15) is 0 Å². The van der Waals surface area contributed by atoms with Crippen LogP contribution in [0.15, 0.2) is 30.9 Å². The smallest absolute Gasteiger partial charge is 0.242 e. The molecule has 0 aliphatic heterocycles. The van der Waals surface area contributed by atoms with Crippen LogP contribution in [0.2, 0.25) is 0 Å². The molecule has 0 aromatic carbocycles. The van der Waals surface area contributed by atoms with Crippen molar-refractivity contribution in [2.24, 2.45) is 0 Å². The Morgan fingerprint density at radius 3 is 2.95 bits per heavy atom. The second-order valence-electron chi connectivity index (χ2n) is 4.34. The summed E-state index contributed by atoms with van der Waals surface area (Å²) in [6.45, 7) is 2.05. The maximum atomic E-state index is 5.40. The first-order valence-electron chi connectivity index (χ1n) is 6.11. The lowest BCUT2D eigenvalue weighted by Crippen LogP contribution is -2.08. The Morgan fingerprint density at radius 2 is 2.25 bits per heavy atom. The van der Waals surface area contributed by atoms with E-state index in [2.05, 4.69) is 26.9 Å². The van der Waals surface area contributed by atoms with Gasteiger partial charge in [-0.1, -0.05) is 6.07 Å². The van der Waals surface area contributed by atoms with Crippen molar-refractivity contribution in [2.45, 2.75) is 13.0 Å². The number of imidazole rings is 1. The van der Waals surface area contributed by atoms with E-state index in [1.54, 1.807) is 13.3 Å². The minimum Gasteiger partial charge on any atom is -0.479 e. The van der Waals surface area contributed by atoms with Gasteiger partial charge in [-0.25, -0.2) is 4.98 Å². The summed E-state index contributed by atoms with van der Waals surface area (Å²) in [5.41, 5.74) is 2.48. The average Bonchev–Trinajstić information content (AvgIpc) is 2.83. The molecule has 0 radical (unpaired) electrons. The lowest BCUT2D eigenvalue weighted by molar-refractivity contribution is 0.401. The Morgan fingerprint density at radius 1 is 1.40 bits per heavy atom. The van der Waals surface area contributed by atoms with E-state index < -0.39 is 0 Å². The van der Waals surface area contributed by atoms with E-state index in [0.29, 0.717) is 16.2 Å². The minimum absolute atomic E-state index is 0.0181. The van der Waals surface area contributed by atoms with Gasteiger partial charge in [0.25, 0.3) is 0 Å². The molecular weight excluding hydrogens is 274 g/mol. The number of H-pyrrole nitrogens is 1. The quantitative estimate of drug-likeness (QED) is 0.750. The van der Waals surface area contributed by atoms with Gasteiger partial charge in [-0.2, -0.15) is 4.98 Å². The Hall–Kier alpha value is -2.28. The van der Waals surface area contributed by atoms with Gasteiger partial charge in [0.15, 0.2) is 10.4 Å². The standard InChI is InChI=1S/C13H13N5OS/c1-8(9-4-3-5-14-6-9)18-11-10(17-13(18)20)12(19-2)16-7-15-11/h3-8H,1-2H3,(H,17,20). The summed E-state index contributed by atoms with van der Waals surface area (Å²) in [5, 5.41) is 0. The number of aromatic amines is 1. The van der Waals surface area contributed by atoms with Gasteiger partial charge in [-0.3, -0.25) is 9.55 Å². The summed E-state index contributed by atoms with van der Waals surface area (Å²) in [6.07, 6.45) is 5.04. The van der Waals surface area contributed by atoms with Crippen LogP contribution in [-0.2, 0) is 0 Å². The zero-order valence-electron chi connectivity index (χ0n) is 11.1. The highest BCUT2D eigenvalue weighted by Crippen LogP contribution is 2.26. The first-order chi connectivity index (χ1) is 9.72. The first kappa shape index (κ1) is 12.7. The fourth-order valence-corrected chi connectivity index (χ4v) is 2.55. The molecule has 0 fully saturated rings. The molecule has 0 aliphatic carbocycles. The Bertz CT molecular complexity index is 795. The SMILES string of the molecule is COc1ncnc2c1[nH]c(=S)n2C(C)c1cccnc1. The molecule has 20 heavy (non-hydrogen) atoms. The van der Waals surface area contributed by atoms with Gasteiger partial charge in [-0.05, 0) is 30.8 Å². The van der Waals surface area contributed by atoms with E-state index in [1.165, 1.54) is 6.33 Å². The molecule has 1 N–H and O–H groups in total. The molecule has 0 spiro atoms. The molecule has 7 heteroatoms. The maximum Gasteiger partial charge on any atom is 0.242 e. The second kappa shape index (κ2) is 5.01. The number of ether oxygens (including phenoxy) is 1. The summed E-state index contributed by atoms with van der Waals surface area (Å²) in [5.74, 6) is 0.484. The van der Waals surface area contributed by atoms with Crippen LogP contribution in [-0.4, -0.2) is 31.6 Å². The van der Waals surface area contributed by atoms with Crippen LogP contribution < -0.4 is 4.74 Å². The summed E-state index contributed by atoms with van der Waals surface area (Å²) in [7, 11) is 1.57. The van der Waals surface area contributed by atoms with Gasteiger partial charge >= 0.3 is 0 Å². The monoisotopic (exact) mass is 287 g/mol. The predicted octanol–water partition coefficient (Wildman–Crippen LogP) is 2.50. The van der Waals surface area contributed by atoms with E-state index in [4.69, 9.17) is 17.0 Å². The third-order valence-electron chi connectivity index (χ3n) is 3.22. The van der Waals surface area contributed by atoms with E-state index >= 15 is 0 Å². The van der Waals surface area contributed by atoms with Gasteiger partial charge in [0.05, 0.1) is 13.2 Å². The van der Waals surface area contributed by atoms with Crippen LogP contribution in [0, 0.1) is 4.77 Å². The number of pyridine rings is 1. The van der Waals surface area contributed by atoms with Crippen LogP contribution in [0.25, 0.3) is 11.2 Å². The molecule has 3 heterocycles. The van der Waals surface area contributed by atoms with Crippen molar-refractivity contribution in [3.63, 3.8) is 0 Å². The molecule has 0 aliphatic rings. The fourth-order valence-electron chi connectivity index (χ4n) is 2.20. The Balaban J connectivity index is 2.22. The Labute approximate surface area is 120 Å². The average molecular weight is 287 g/mol. The molecule has 0 bridgehead atoms. The van der Waals surface area contributed by atoms with Crippen LogP contribution in [0.5, 0.6) is 5.88 Å². The molecule has 3 aromatic heterocycles. The molecule has 102 valence electrons. The predicted molar refractivity (Wildman–Crippen MR) is 77.3 cm³/mol. The van der Waals surface area contributed by atoms with Crippen LogP contribution in [0.4, 0.5) is 0 Å². The number of hydrogen-bond donors (Lipinski definition) is 1. The van der Waals surface area contributed by atoms with Gasteiger partial charge in [0.2, 0.25) is 5.88 Å². The largest absolute Gasteiger partial charge is 0.479 e. The summed E-state index contributed by atoms with van der Waals surface area (Å²) in [6, 6.07) is 3.93. The zero-order chi connectivity index (χ0) is 14.1. The van der Waals surface area contributed by atoms with Crippen molar-refractivity contribution in [3.05, 3.63) is 41.2 Å². The number of fused-ring (bicyclic) bond motifs is 1. The van der Waals surface area contributed by atoms with Crippen molar-refractivity contribution in [1.29, 1.82) is 0 Å². The highest BCUT2D eigenvalue weighted by Gasteiger charge is 2.17. The number of nitrogens with one attached hydrogen (secondary N) is 1. The zero-order valence-corrected chi connectivity index (χ0v) is 11.9. The van der Waals surface area contributed by atoms with Crippen LogP contribution in [0.3, 0.4) is 0 Å². The van der Waals surface area contributed by atoms with E-state index in [-0.39, 0.29) is 6.04 Å². The minimum atomic E-state index is 0.0181. The molecule has 0 amide bonds. The third-order valence-corrected chi connectivity index (χ3v) is 3.52. The van der Waals surface area contributed by atoms with E-state index in [1.807, 2.05) is 22.9 Å². The van der Waals surface area contributed by atoms with Crippen molar-refractivity contribution < 1.29 is 4.74 Å². The molecule has 1 unspecified atom stereocenters. The molecule has 3 aromatic rings. The summed E-state index contributed by atoms with van der Waals surface area (Å²) < 4.78 is 7.74. The fraction of sp³-hybridized carbons (Fsp3) is 0.231. The van der Waals surface area contributed by atoms with Crippen molar-refractivity contribution in [2.75, 3.05) is 7.11 Å². The van der Waals surface area contributed by atoms with Gasteiger partial charge in [-0.15, -0.1) is 0 Å². The number of rotatable bonds is 3. The number of hydrogen-bond acceptors (Lipinski definition) is 5. The Kier molecular flexibility index (Phi) is 3.19. The first-order valence-corrected chi connectivity index (χ1v) is 6.52. The van der Waals surface area contributed by atoms with Gasteiger partial charge < -0.3 is 9.72 Å². The number of methoxy groups -OCH3 is 1. The van der Waals surface area contributed by atoms with Crippen molar-refractivity contribution in [3.8, 4) is 5.88 Å².